The molecule has 0 bridgehead atoms. The number of imidazole rings is 1. The van der Waals surface area contributed by atoms with Crippen molar-refractivity contribution in [2.45, 2.75) is 38.6 Å². The number of nitrogens with one attached hydrogen (secondary N) is 2. The average molecular weight is 617 g/mol. The van der Waals surface area contributed by atoms with Gasteiger partial charge < -0.3 is 9.72 Å². The Hall–Kier alpha value is -4.67. The molecule has 6 aromatic rings. The number of aromatic amines is 2. The topological polar surface area (TPSA) is 98.8 Å². The standard InChI is InChI=1S/C36H37FN8O/c37-28-17-26(18-29(20-28)46-15-14-44-10-4-5-11-44)33-35-32(8-9-39-33)40-36(41-35)34-30-19-25(6-7-31(30)42-43-34)27-16-24(21-38-22-27)23-45-12-2-1-3-13-45/h6-9,16-22H,1-5,10-15,23H2,(H,40,41)(H,42,43). The summed E-state index contributed by atoms with van der Waals surface area (Å²) < 4.78 is 20.8. The predicted molar refractivity (Wildman–Crippen MR) is 178 cm³/mol. The largest absolute Gasteiger partial charge is 0.492 e. The van der Waals surface area contributed by atoms with Gasteiger partial charge in [-0.1, -0.05) is 12.5 Å². The summed E-state index contributed by atoms with van der Waals surface area (Å²) in [7, 11) is 0. The Labute approximate surface area is 266 Å². The highest BCUT2D eigenvalue weighted by molar-refractivity contribution is 5.97. The Balaban J connectivity index is 1.08. The highest BCUT2D eigenvalue weighted by Crippen LogP contribution is 2.34. The minimum Gasteiger partial charge on any atom is -0.492 e. The van der Waals surface area contributed by atoms with E-state index in [0.29, 0.717) is 40.6 Å². The van der Waals surface area contributed by atoms with Gasteiger partial charge in [-0.2, -0.15) is 5.10 Å². The van der Waals surface area contributed by atoms with Gasteiger partial charge in [-0.3, -0.25) is 24.9 Å². The van der Waals surface area contributed by atoms with Crippen LogP contribution in [0.3, 0.4) is 0 Å². The fourth-order valence-electron chi connectivity index (χ4n) is 6.82. The van der Waals surface area contributed by atoms with Crippen LogP contribution in [0.4, 0.5) is 4.39 Å². The van der Waals surface area contributed by atoms with Gasteiger partial charge in [0.05, 0.1) is 16.7 Å². The summed E-state index contributed by atoms with van der Waals surface area (Å²) >= 11 is 0. The molecule has 2 fully saturated rings. The lowest BCUT2D eigenvalue weighted by molar-refractivity contribution is 0.220. The van der Waals surface area contributed by atoms with Crippen molar-refractivity contribution in [2.75, 3.05) is 39.3 Å². The number of aromatic nitrogens is 6. The summed E-state index contributed by atoms with van der Waals surface area (Å²) in [5.74, 6) is 0.732. The second kappa shape index (κ2) is 12.6. The molecule has 2 aliphatic heterocycles. The SMILES string of the molecule is Fc1cc(OCCN2CCCC2)cc(-c2nccc3[nH]c(-c4n[nH]c5ccc(-c6cncc(CN7CCCCC7)c6)cc45)nc23)c1. The summed E-state index contributed by atoms with van der Waals surface area (Å²) in [6, 6.07) is 15.1. The van der Waals surface area contributed by atoms with Gasteiger partial charge in [-0.15, -0.1) is 0 Å². The number of nitrogens with zero attached hydrogens (tertiary/aromatic N) is 6. The third kappa shape index (κ3) is 5.98. The van der Waals surface area contributed by atoms with Crippen molar-refractivity contribution in [3.8, 4) is 39.7 Å². The maximum Gasteiger partial charge on any atom is 0.159 e. The van der Waals surface area contributed by atoms with Crippen LogP contribution < -0.4 is 4.74 Å². The van der Waals surface area contributed by atoms with Crippen LogP contribution in [0.5, 0.6) is 5.75 Å². The maximum atomic E-state index is 14.8. The van der Waals surface area contributed by atoms with Gasteiger partial charge in [-0.05, 0) is 99.4 Å². The zero-order valence-electron chi connectivity index (χ0n) is 25.8. The highest BCUT2D eigenvalue weighted by Gasteiger charge is 2.18. The fourth-order valence-corrected chi connectivity index (χ4v) is 6.82. The number of ether oxygens (including phenoxy) is 1. The molecule has 0 saturated carbocycles. The van der Waals surface area contributed by atoms with E-state index < -0.39 is 0 Å². The van der Waals surface area contributed by atoms with Gasteiger partial charge in [0, 0.05) is 54.3 Å². The lowest BCUT2D eigenvalue weighted by Gasteiger charge is -2.26. The van der Waals surface area contributed by atoms with E-state index in [0.717, 1.165) is 66.8 Å². The number of likely N-dealkylation sites (tertiary alicyclic amines) is 2. The summed E-state index contributed by atoms with van der Waals surface area (Å²) in [6.45, 7) is 6.77. The minimum absolute atomic E-state index is 0.372. The molecule has 46 heavy (non-hydrogen) atoms. The maximum absolute atomic E-state index is 14.8. The van der Waals surface area contributed by atoms with Gasteiger partial charge in [0.1, 0.15) is 29.4 Å². The van der Waals surface area contributed by atoms with Gasteiger partial charge in [0.2, 0.25) is 0 Å². The van der Waals surface area contributed by atoms with Crippen LogP contribution in [0, 0.1) is 5.82 Å². The van der Waals surface area contributed by atoms with E-state index in [1.807, 2.05) is 30.6 Å². The van der Waals surface area contributed by atoms with Crippen molar-refractivity contribution < 1.29 is 9.13 Å². The van der Waals surface area contributed by atoms with Crippen molar-refractivity contribution in [2.24, 2.45) is 0 Å². The van der Waals surface area contributed by atoms with Gasteiger partial charge in [0.15, 0.2) is 5.82 Å². The van der Waals surface area contributed by atoms with Crippen LogP contribution in [-0.2, 0) is 6.54 Å². The minimum atomic E-state index is -0.372. The summed E-state index contributed by atoms with van der Waals surface area (Å²) in [5.41, 5.74) is 7.63. The van der Waals surface area contributed by atoms with Crippen LogP contribution in [-0.4, -0.2) is 79.3 Å². The van der Waals surface area contributed by atoms with E-state index in [1.165, 1.54) is 49.8 Å². The van der Waals surface area contributed by atoms with E-state index in [-0.39, 0.29) is 5.82 Å². The number of piperidine rings is 1. The zero-order chi connectivity index (χ0) is 30.9. The first-order valence-corrected chi connectivity index (χ1v) is 16.3. The number of benzene rings is 2. The Morgan fingerprint density at radius 2 is 1.63 bits per heavy atom. The number of hydrogen-bond acceptors (Lipinski definition) is 7. The number of pyridine rings is 2. The molecular weight excluding hydrogens is 579 g/mol. The first kappa shape index (κ1) is 28.8. The molecule has 0 radical (unpaired) electrons. The lowest BCUT2D eigenvalue weighted by atomic mass is 10.0. The number of hydrogen-bond donors (Lipinski definition) is 2. The number of halogens is 1. The molecule has 0 amide bonds. The summed E-state index contributed by atoms with van der Waals surface area (Å²) in [4.78, 5) is 22.5. The summed E-state index contributed by atoms with van der Waals surface area (Å²) in [5, 5.41) is 8.75. The monoisotopic (exact) mass is 616 g/mol. The number of H-pyrrole nitrogens is 2. The molecule has 8 rings (SSSR count). The quantitative estimate of drug-likeness (QED) is 0.184. The van der Waals surface area contributed by atoms with Crippen molar-refractivity contribution >= 4 is 21.9 Å². The van der Waals surface area contributed by atoms with Gasteiger partial charge >= 0.3 is 0 Å². The molecule has 10 heteroatoms. The molecule has 0 atom stereocenters. The van der Waals surface area contributed by atoms with Crippen LogP contribution >= 0.6 is 0 Å². The molecule has 0 spiro atoms. The lowest BCUT2D eigenvalue weighted by Crippen LogP contribution is -2.29. The summed E-state index contributed by atoms with van der Waals surface area (Å²) in [6.07, 6.45) is 11.9. The second-order valence-electron chi connectivity index (χ2n) is 12.5. The Morgan fingerprint density at radius 3 is 2.52 bits per heavy atom. The third-order valence-corrected chi connectivity index (χ3v) is 9.19. The molecule has 0 unspecified atom stereocenters. The van der Waals surface area contributed by atoms with Gasteiger partial charge in [0.25, 0.3) is 0 Å². The first-order valence-electron chi connectivity index (χ1n) is 16.3. The van der Waals surface area contributed by atoms with Crippen molar-refractivity contribution in [1.29, 1.82) is 0 Å². The van der Waals surface area contributed by atoms with E-state index >= 15 is 0 Å². The van der Waals surface area contributed by atoms with E-state index in [4.69, 9.17) is 9.72 Å². The second-order valence-corrected chi connectivity index (χ2v) is 12.5. The Kier molecular flexibility index (Phi) is 7.89. The molecule has 2 saturated heterocycles. The van der Waals surface area contributed by atoms with Crippen molar-refractivity contribution in [3.05, 3.63) is 78.5 Å². The van der Waals surface area contributed by atoms with Crippen LogP contribution in [0.2, 0.25) is 0 Å². The molecule has 0 aliphatic carbocycles. The molecule has 6 heterocycles. The number of fused-ring (bicyclic) bond motifs is 2. The van der Waals surface area contributed by atoms with E-state index in [2.05, 4.69) is 53.1 Å². The molecule has 9 nitrogen and oxygen atoms in total. The molecule has 4 aromatic heterocycles. The number of rotatable bonds is 9. The van der Waals surface area contributed by atoms with E-state index in [1.54, 1.807) is 6.20 Å². The van der Waals surface area contributed by atoms with Crippen molar-refractivity contribution in [1.82, 2.24) is 39.9 Å². The van der Waals surface area contributed by atoms with Crippen LogP contribution in [0.1, 0.15) is 37.7 Å². The Morgan fingerprint density at radius 1 is 0.783 bits per heavy atom. The predicted octanol–water partition coefficient (Wildman–Crippen LogP) is 6.83. The highest BCUT2D eigenvalue weighted by atomic mass is 19.1. The first-order chi connectivity index (χ1) is 22.7. The Bertz CT molecular complexity index is 1990. The fraction of sp³-hybridized carbons (Fsp3) is 0.333. The molecule has 234 valence electrons. The average Bonchev–Trinajstić information content (AvgIpc) is 3.85. The smallest absolute Gasteiger partial charge is 0.159 e. The van der Waals surface area contributed by atoms with Crippen molar-refractivity contribution in [3.63, 3.8) is 0 Å². The van der Waals surface area contributed by atoms with Crippen LogP contribution in [0.15, 0.2) is 67.1 Å². The van der Waals surface area contributed by atoms with Crippen LogP contribution in [0.25, 0.3) is 55.8 Å². The normalized spacial score (nSPS) is 16.1. The molecule has 2 N–H and O–H groups in total. The van der Waals surface area contributed by atoms with E-state index in [9.17, 15) is 4.39 Å². The molecular formula is C36H37FN8O. The molecule has 2 aromatic carbocycles. The third-order valence-electron chi connectivity index (χ3n) is 9.19. The molecule has 2 aliphatic rings. The zero-order valence-corrected chi connectivity index (χ0v) is 25.8. The van der Waals surface area contributed by atoms with Gasteiger partial charge in [-0.25, -0.2) is 9.37 Å².